The fourth-order valence-corrected chi connectivity index (χ4v) is 4.56. The van der Waals surface area contributed by atoms with Crippen LogP contribution in [-0.2, 0) is 6.54 Å². The highest BCUT2D eigenvalue weighted by atomic mass is 79.9. The maximum Gasteiger partial charge on any atom is 0.319 e. The van der Waals surface area contributed by atoms with E-state index in [1.807, 2.05) is 42.5 Å². The van der Waals surface area contributed by atoms with Gasteiger partial charge in [0.25, 0.3) is 0 Å². The number of carbonyl (C=O) groups excluding carboxylic acids is 1. The summed E-state index contributed by atoms with van der Waals surface area (Å²) in [6.07, 6.45) is 6.16. The van der Waals surface area contributed by atoms with E-state index in [0.717, 1.165) is 34.4 Å². The van der Waals surface area contributed by atoms with Crippen LogP contribution in [0.5, 0.6) is 5.75 Å². The predicted octanol–water partition coefficient (Wildman–Crippen LogP) is 5.54. The monoisotopic (exact) mass is 520 g/mol. The summed E-state index contributed by atoms with van der Waals surface area (Å²) in [4.78, 5) is 16.9. The minimum absolute atomic E-state index is 0.155. The van der Waals surface area contributed by atoms with Crippen LogP contribution < -0.4 is 16.0 Å². The third kappa shape index (κ3) is 4.84. The van der Waals surface area contributed by atoms with Gasteiger partial charge in [-0.05, 0) is 58.6 Å². The van der Waals surface area contributed by atoms with Gasteiger partial charge in [0, 0.05) is 29.9 Å². The quantitative estimate of drug-likeness (QED) is 0.267. The molecule has 0 unspecified atom stereocenters. The molecule has 5 rings (SSSR count). The van der Waals surface area contributed by atoms with E-state index < -0.39 is 0 Å². The Hall–Kier alpha value is -3.59. The number of amides is 2. The molecular formula is C25H25BrN6O2. The summed E-state index contributed by atoms with van der Waals surface area (Å²) >= 11 is 3.50. The van der Waals surface area contributed by atoms with Gasteiger partial charge in [0.15, 0.2) is 5.65 Å². The Morgan fingerprint density at radius 2 is 1.88 bits per heavy atom. The molecule has 2 heterocycles. The molecule has 4 aromatic rings. The minimum Gasteiger partial charge on any atom is -0.507 e. The molecule has 2 aromatic carbocycles. The number of fused-ring (bicyclic) bond motifs is 1. The Kier molecular flexibility index (Phi) is 6.35. The van der Waals surface area contributed by atoms with Crippen LogP contribution in [0.15, 0.2) is 65.3 Å². The standard InChI is InChI=1S/C25H25BrN6O2/c26-20-15-28-32-23(13-21(31-24(20)32)19-7-3-4-8-22(19)33)27-14-16-9-11-18(12-10-16)30-25(34)29-17-5-1-2-6-17/h3-4,7-13,15,17,27,33H,1-2,5-6,14H2,(H2,29,30,34). The molecule has 1 fully saturated rings. The van der Waals surface area contributed by atoms with E-state index in [9.17, 15) is 9.90 Å². The molecule has 8 nitrogen and oxygen atoms in total. The zero-order valence-corrected chi connectivity index (χ0v) is 20.0. The van der Waals surface area contributed by atoms with E-state index in [4.69, 9.17) is 0 Å². The summed E-state index contributed by atoms with van der Waals surface area (Å²) in [6.45, 7) is 0.547. The average Bonchev–Trinajstić information content (AvgIpc) is 3.48. The van der Waals surface area contributed by atoms with Crippen LogP contribution in [0.3, 0.4) is 0 Å². The van der Waals surface area contributed by atoms with Crippen molar-refractivity contribution in [3.8, 4) is 17.0 Å². The highest BCUT2D eigenvalue weighted by molar-refractivity contribution is 9.10. The number of phenols is 1. The van der Waals surface area contributed by atoms with Gasteiger partial charge in [0.2, 0.25) is 0 Å². The van der Waals surface area contributed by atoms with E-state index in [0.29, 0.717) is 23.4 Å². The largest absolute Gasteiger partial charge is 0.507 e. The van der Waals surface area contributed by atoms with Crippen molar-refractivity contribution in [2.75, 3.05) is 10.6 Å². The number of halogens is 1. The molecule has 0 radical (unpaired) electrons. The first-order valence-electron chi connectivity index (χ1n) is 11.3. The SMILES string of the molecule is O=C(Nc1ccc(CNc2cc(-c3ccccc3O)nc3c(Br)cnn23)cc1)NC1CCCC1. The Bertz CT molecular complexity index is 1310. The van der Waals surface area contributed by atoms with Crippen molar-refractivity contribution in [1.29, 1.82) is 0 Å². The summed E-state index contributed by atoms with van der Waals surface area (Å²) in [5.74, 6) is 0.910. The number of para-hydroxylation sites is 1. The summed E-state index contributed by atoms with van der Waals surface area (Å²) in [7, 11) is 0. The Morgan fingerprint density at radius 1 is 1.12 bits per heavy atom. The number of benzene rings is 2. The summed E-state index contributed by atoms with van der Waals surface area (Å²) < 4.78 is 2.48. The van der Waals surface area contributed by atoms with Crippen LogP contribution >= 0.6 is 15.9 Å². The average molecular weight is 521 g/mol. The molecule has 1 saturated carbocycles. The second kappa shape index (κ2) is 9.72. The molecule has 34 heavy (non-hydrogen) atoms. The molecule has 0 saturated heterocycles. The maximum atomic E-state index is 12.2. The third-order valence-electron chi connectivity index (χ3n) is 5.98. The van der Waals surface area contributed by atoms with Crippen molar-refractivity contribution in [3.63, 3.8) is 0 Å². The number of nitrogens with zero attached hydrogens (tertiary/aromatic N) is 3. The van der Waals surface area contributed by atoms with Gasteiger partial charge in [0.05, 0.1) is 16.4 Å². The van der Waals surface area contributed by atoms with Gasteiger partial charge in [-0.3, -0.25) is 0 Å². The Labute approximate surface area is 205 Å². The van der Waals surface area contributed by atoms with E-state index in [-0.39, 0.29) is 17.8 Å². The second-order valence-corrected chi connectivity index (χ2v) is 9.26. The molecule has 1 aliphatic carbocycles. The molecule has 0 aliphatic heterocycles. The Morgan fingerprint density at radius 3 is 2.65 bits per heavy atom. The van der Waals surface area contributed by atoms with Crippen molar-refractivity contribution >= 4 is 39.1 Å². The van der Waals surface area contributed by atoms with Crippen LogP contribution in [0, 0.1) is 0 Å². The van der Waals surface area contributed by atoms with Crippen LogP contribution in [-0.4, -0.2) is 31.8 Å². The van der Waals surface area contributed by atoms with Gasteiger partial charge in [-0.15, -0.1) is 0 Å². The molecular weight excluding hydrogens is 496 g/mol. The topological polar surface area (TPSA) is 104 Å². The summed E-state index contributed by atoms with van der Waals surface area (Å²) in [5.41, 5.74) is 3.73. The van der Waals surface area contributed by atoms with Gasteiger partial charge >= 0.3 is 6.03 Å². The fraction of sp³-hybridized carbons (Fsp3) is 0.240. The fourth-order valence-electron chi connectivity index (χ4n) is 4.21. The molecule has 4 N–H and O–H groups in total. The maximum absolute atomic E-state index is 12.2. The van der Waals surface area contributed by atoms with E-state index in [2.05, 4.69) is 42.0 Å². The number of nitrogens with one attached hydrogen (secondary N) is 3. The molecule has 1 aliphatic rings. The highest BCUT2D eigenvalue weighted by Gasteiger charge is 2.17. The normalized spacial score (nSPS) is 13.8. The lowest BCUT2D eigenvalue weighted by Crippen LogP contribution is -2.36. The van der Waals surface area contributed by atoms with Gasteiger partial charge in [-0.2, -0.15) is 9.61 Å². The summed E-state index contributed by atoms with van der Waals surface area (Å²) in [5, 5.41) is 24.0. The predicted molar refractivity (Wildman–Crippen MR) is 136 cm³/mol. The Balaban J connectivity index is 1.30. The molecule has 2 aromatic heterocycles. The van der Waals surface area contributed by atoms with Crippen LogP contribution in [0.1, 0.15) is 31.2 Å². The first-order chi connectivity index (χ1) is 16.6. The van der Waals surface area contributed by atoms with Gasteiger partial charge < -0.3 is 21.1 Å². The van der Waals surface area contributed by atoms with Crippen LogP contribution in [0.2, 0.25) is 0 Å². The first kappa shape index (κ1) is 22.2. The molecule has 0 spiro atoms. The molecule has 174 valence electrons. The molecule has 2 amide bonds. The number of hydrogen-bond acceptors (Lipinski definition) is 5. The number of aromatic hydroxyl groups is 1. The number of carbonyl (C=O) groups is 1. The van der Waals surface area contributed by atoms with Gasteiger partial charge in [0.1, 0.15) is 11.6 Å². The van der Waals surface area contributed by atoms with Crippen molar-refractivity contribution in [2.45, 2.75) is 38.3 Å². The zero-order valence-electron chi connectivity index (χ0n) is 18.5. The lowest BCUT2D eigenvalue weighted by atomic mass is 10.1. The van der Waals surface area contributed by atoms with Gasteiger partial charge in [-0.1, -0.05) is 37.1 Å². The molecule has 0 bridgehead atoms. The first-order valence-corrected chi connectivity index (χ1v) is 12.1. The highest BCUT2D eigenvalue weighted by Crippen LogP contribution is 2.31. The van der Waals surface area contributed by atoms with Crippen molar-refractivity contribution in [2.24, 2.45) is 0 Å². The zero-order chi connectivity index (χ0) is 23.5. The second-order valence-electron chi connectivity index (χ2n) is 8.40. The van der Waals surface area contributed by atoms with E-state index in [1.165, 1.54) is 12.8 Å². The number of anilines is 2. The minimum atomic E-state index is -0.155. The van der Waals surface area contributed by atoms with Crippen molar-refractivity contribution in [1.82, 2.24) is 19.9 Å². The number of hydrogen-bond donors (Lipinski definition) is 4. The van der Waals surface area contributed by atoms with Crippen LogP contribution in [0.4, 0.5) is 16.3 Å². The van der Waals surface area contributed by atoms with Crippen molar-refractivity contribution < 1.29 is 9.90 Å². The van der Waals surface area contributed by atoms with Gasteiger partial charge in [-0.25, -0.2) is 9.78 Å². The summed E-state index contributed by atoms with van der Waals surface area (Å²) in [6, 6.07) is 16.8. The number of phenolic OH excluding ortho intramolecular Hbond substituents is 1. The number of urea groups is 1. The molecule has 0 atom stereocenters. The smallest absolute Gasteiger partial charge is 0.319 e. The lowest BCUT2D eigenvalue weighted by molar-refractivity contribution is 0.248. The third-order valence-corrected chi connectivity index (χ3v) is 6.54. The molecule has 9 heteroatoms. The van der Waals surface area contributed by atoms with Crippen molar-refractivity contribution in [3.05, 3.63) is 70.8 Å². The van der Waals surface area contributed by atoms with E-state index in [1.54, 1.807) is 22.8 Å². The lowest BCUT2D eigenvalue weighted by Gasteiger charge is -2.14. The number of aromatic nitrogens is 3. The van der Waals surface area contributed by atoms with Crippen LogP contribution in [0.25, 0.3) is 16.9 Å². The number of rotatable bonds is 6. The van der Waals surface area contributed by atoms with E-state index >= 15 is 0 Å².